The van der Waals surface area contributed by atoms with Crippen LogP contribution in [0.5, 0.6) is 0 Å². The van der Waals surface area contributed by atoms with E-state index in [1.54, 1.807) is 12.1 Å². The third-order valence-electron chi connectivity index (χ3n) is 3.69. The molecule has 108 valence electrons. The highest BCUT2D eigenvalue weighted by Crippen LogP contribution is 2.26. The Bertz CT molecular complexity index is 622. The molecule has 0 saturated carbocycles. The van der Waals surface area contributed by atoms with E-state index < -0.39 is 0 Å². The minimum absolute atomic E-state index is 0.0108. The van der Waals surface area contributed by atoms with Gasteiger partial charge in [-0.15, -0.1) is 0 Å². The Morgan fingerprint density at radius 1 is 1.40 bits per heavy atom. The van der Waals surface area contributed by atoms with E-state index in [2.05, 4.69) is 10.4 Å². The molecule has 5 heteroatoms. The van der Waals surface area contributed by atoms with Crippen molar-refractivity contribution in [3.63, 3.8) is 0 Å². The molecule has 0 fully saturated rings. The van der Waals surface area contributed by atoms with Crippen LogP contribution in [0.2, 0.25) is 5.02 Å². The first kappa shape index (κ1) is 15.0. The van der Waals surface area contributed by atoms with Crippen molar-refractivity contribution in [3.8, 4) is 0 Å². The average Bonchev–Trinajstić information content (AvgIpc) is 2.65. The summed E-state index contributed by atoms with van der Waals surface area (Å²) in [4.78, 5) is 0. The van der Waals surface area contributed by atoms with E-state index in [4.69, 9.17) is 11.6 Å². The van der Waals surface area contributed by atoms with E-state index in [1.165, 1.54) is 6.07 Å². The van der Waals surface area contributed by atoms with Crippen molar-refractivity contribution in [1.29, 1.82) is 0 Å². The van der Waals surface area contributed by atoms with Crippen LogP contribution in [0, 0.1) is 19.7 Å². The summed E-state index contributed by atoms with van der Waals surface area (Å²) in [6, 6.07) is 4.67. The second kappa shape index (κ2) is 5.94. The minimum atomic E-state index is -0.228. The Hall–Kier alpha value is -1.39. The number of aromatic nitrogens is 2. The number of rotatable bonds is 4. The Morgan fingerprint density at radius 2 is 2.10 bits per heavy atom. The lowest BCUT2D eigenvalue weighted by atomic mass is 9.97. The van der Waals surface area contributed by atoms with Crippen molar-refractivity contribution >= 4 is 11.6 Å². The molecule has 0 bridgehead atoms. The summed E-state index contributed by atoms with van der Waals surface area (Å²) in [6.07, 6.45) is 0.538. The lowest BCUT2D eigenvalue weighted by Gasteiger charge is -2.18. The zero-order chi connectivity index (χ0) is 14.9. The molecule has 2 rings (SSSR count). The summed E-state index contributed by atoms with van der Waals surface area (Å²) in [5, 5.41) is 8.22. The predicted molar refractivity (Wildman–Crippen MR) is 79.6 cm³/mol. The smallest absolute Gasteiger partial charge is 0.126 e. The fourth-order valence-corrected chi connectivity index (χ4v) is 2.76. The maximum atomic E-state index is 13.9. The molecule has 0 aliphatic heterocycles. The normalized spacial score (nSPS) is 12.7. The van der Waals surface area contributed by atoms with Gasteiger partial charge >= 0.3 is 0 Å². The van der Waals surface area contributed by atoms with Gasteiger partial charge in [0.2, 0.25) is 0 Å². The third-order valence-corrected chi connectivity index (χ3v) is 3.93. The lowest BCUT2D eigenvalue weighted by Crippen LogP contribution is -2.21. The number of nitrogens with one attached hydrogen (secondary N) is 1. The van der Waals surface area contributed by atoms with Crippen LogP contribution < -0.4 is 5.32 Å². The first-order valence-electron chi connectivity index (χ1n) is 6.55. The van der Waals surface area contributed by atoms with Crippen molar-refractivity contribution in [3.05, 3.63) is 51.6 Å². The van der Waals surface area contributed by atoms with Crippen LogP contribution in [-0.2, 0) is 13.5 Å². The van der Waals surface area contributed by atoms with E-state index in [1.807, 2.05) is 32.6 Å². The molecule has 0 radical (unpaired) electrons. The zero-order valence-corrected chi connectivity index (χ0v) is 12.9. The largest absolute Gasteiger partial charge is 0.313 e. The van der Waals surface area contributed by atoms with E-state index in [-0.39, 0.29) is 11.9 Å². The molecule has 1 aromatic heterocycles. The van der Waals surface area contributed by atoms with E-state index in [0.29, 0.717) is 17.0 Å². The van der Waals surface area contributed by atoms with Gasteiger partial charge < -0.3 is 5.32 Å². The Balaban J connectivity index is 2.36. The van der Waals surface area contributed by atoms with Gasteiger partial charge in [-0.3, -0.25) is 4.68 Å². The Labute approximate surface area is 123 Å². The van der Waals surface area contributed by atoms with Crippen LogP contribution in [-0.4, -0.2) is 16.8 Å². The second-order valence-corrected chi connectivity index (χ2v) is 5.43. The standard InChI is InChI=1S/C15H19ClFN3/c1-9-15(10(2)20(4)19-9)14(18-3)8-11-7-12(16)5-6-13(11)17/h5-7,14,18H,8H2,1-4H3. The van der Waals surface area contributed by atoms with Gasteiger partial charge in [0.15, 0.2) is 0 Å². The topological polar surface area (TPSA) is 29.9 Å². The van der Waals surface area contributed by atoms with Crippen LogP contribution in [0.3, 0.4) is 0 Å². The van der Waals surface area contributed by atoms with Gasteiger partial charge in [0.25, 0.3) is 0 Å². The van der Waals surface area contributed by atoms with E-state index in [0.717, 1.165) is 17.0 Å². The molecule has 20 heavy (non-hydrogen) atoms. The molecular weight excluding hydrogens is 277 g/mol. The SMILES string of the molecule is CNC(Cc1cc(Cl)ccc1F)c1c(C)nn(C)c1C. The fraction of sp³-hybridized carbons (Fsp3) is 0.400. The van der Waals surface area contributed by atoms with E-state index in [9.17, 15) is 4.39 Å². The first-order valence-corrected chi connectivity index (χ1v) is 6.93. The number of hydrogen-bond acceptors (Lipinski definition) is 2. The summed E-state index contributed by atoms with van der Waals surface area (Å²) >= 11 is 5.95. The first-order chi connectivity index (χ1) is 9.43. The van der Waals surface area contributed by atoms with Crippen molar-refractivity contribution in [1.82, 2.24) is 15.1 Å². The van der Waals surface area contributed by atoms with E-state index >= 15 is 0 Å². The highest BCUT2D eigenvalue weighted by molar-refractivity contribution is 6.30. The van der Waals surface area contributed by atoms with Crippen molar-refractivity contribution in [2.75, 3.05) is 7.05 Å². The fourth-order valence-electron chi connectivity index (χ4n) is 2.56. The quantitative estimate of drug-likeness (QED) is 0.937. The van der Waals surface area contributed by atoms with Crippen molar-refractivity contribution in [2.45, 2.75) is 26.3 Å². The maximum absolute atomic E-state index is 13.9. The van der Waals surface area contributed by atoms with Gasteiger partial charge in [0, 0.05) is 29.4 Å². The molecule has 0 saturated heterocycles. The molecule has 1 unspecified atom stereocenters. The van der Waals surface area contributed by atoms with Crippen molar-refractivity contribution < 1.29 is 4.39 Å². The number of halogens is 2. The third kappa shape index (κ3) is 2.86. The molecule has 1 heterocycles. The number of nitrogens with zero attached hydrogens (tertiary/aromatic N) is 2. The maximum Gasteiger partial charge on any atom is 0.126 e. The summed E-state index contributed by atoms with van der Waals surface area (Å²) < 4.78 is 15.7. The van der Waals surface area contributed by atoms with Gasteiger partial charge in [-0.25, -0.2) is 4.39 Å². The molecule has 0 aliphatic rings. The Morgan fingerprint density at radius 3 is 2.65 bits per heavy atom. The Kier molecular flexibility index (Phi) is 4.45. The van der Waals surface area contributed by atoms with Crippen LogP contribution in [0.1, 0.15) is 28.6 Å². The highest BCUT2D eigenvalue weighted by Gasteiger charge is 2.20. The lowest BCUT2D eigenvalue weighted by molar-refractivity contribution is 0.550. The van der Waals surface area contributed by atoms with Crippen LogP contribution in [0.25, 0.3) is 0 Å². The number of likely N-dealkylation sites (N-methyl/N-ethyl adjacent to an activating group) is 1. The van der Waals surface area contributed by atoms with Gasteiger partial charge in [-0.05, 0) is 51.1 Å². The monoisotopic (exact) mass is 295 g/mol. The molecule has 1 aromatic carbocycles. The summed E-state index contributed by atoms with van der Waals surface area (Å²) in [5.41, 5.74) is 3.78. The molecule has 1 atom stereocenters. The molecule has 2 aromatic rings. The molecular formula is C15H19ClFN3. The number of aryl methyl sites for hydroxylation is 2. The predicted octanol–water partition coefficient (Wildman–Crippen LogP) is 3.33. The number of benzene rings is 1. The highest BCUT2D eigenvalue weighted by atomic mass is 35.5. The molecule has 1 N–H and O–H groups in total. The van der Waals surface area contributed by atoms with Gasteiger partial charge in [0.05, 0.1) is 5.69 Å². The molecule has 3 nitrogen and oxygen atoms in total. The van der Waals surface area contributed by atoms with Crippen LogP contribution in [0.15, 0.2) is 18.2 Å². The number of hydrogen-bond donors (Lipinski definition) is 1. The van der Waals surface area contributed by atoms with Gasteiger partial charge in [-0.2, -0.15) is 5.10 Å². The van der Waals surface area contributed by atoms with Crippen molar-refractivity contribution in [2.24, 2.45) is 7.05 Å². The van der Waals surface area contributed by atoms with Crippen LogP contribution in [0.4, 0.5) is 4.39 Å². The molecule has 0 spiro atoms. The summed E-state index contributed by atoms with van der Waals surface area (Å²) in [7, 11) is 3.79. The summed E-state index contributed by atoms with van der Waals surface area (Å²) in [6.45, 7) is 4.00. The zero-order valence-electron chi connectivity index (χ0n) is 12.2. The second-order valence-electron chi connectivity index (χ2n) is 4.99. The minimum Gasteiger partial charge on any atom is -0.313 e. The summed E-state index contributed by atoms with van der Waals surface area (Å²) in [5.74, 6) is -0.228. The van der Waals surface area contributed by atoms with Gasteiger partial charge in [-0.1, -0.05) is 11.6 Å². The molecule has 0 aliphatic carbocycles. The van der Waals surface area contributed by atoms with Gasteiger partial charge in [0.1, 0.15) is 5.82 Å². The molecule has 0 amide bonds. The average molecular weight is 296 g/mol. The van der Waals surface area contributed by atoms with Crippen LogP contribution >= 0.6 is 11.6 Å².